The third-order valence-electron chi connectivity index (χ3n) is 2.77. The van der Waals surface area contributed by atoms with E-state index in [0.29, 0.717) is 21.8 Å². The molecule has 7 nitrogen and oxygen atoms in total. The van der Waals surface area contributed by atoms with Gasteiger partial charge in [-0.2, -0.15) is 0 Å². The van der Waals surface area contributed by atoms with Crippen LogP contribution in [0.5, 0.6) is 0 Å². The van der Waals surface area contributed by atoms with Crippen LogP contribution in [0.2, 0.25) is 5.02 Å². The van der Waals surface area contributed by atoms with Gasteiger partial charge in [-0.3, -0.25) is 10.1 Å². The van der Waals surface area contributed by atoms with E-state index in [2.05, 4.69) is 10.2 Å². The number of nitrogens with two attached hydrogens (primary N) is 1. The highest BCUT2D eigenvalue weighted by atomic mass is 35.5. The molecule has 0 aliphatic heterocycles. The van der Waals surface area contributed by atoms with E-state index in [1.54, 1.807) is 10.6 Å². The Morgan fingerprint density at radius 2 is 2.09 bits per heavy atom. The van der Waals surface area contributed by atoms with Gasteiger partial charge >= 0.3 is 6.03 Å². The number of halogens is 1. The first-order valence-electron chi connectivity index (χ1n) is 6.35. The number of urea groups is 1. The fraction of sp³-hybridized carbons (Fsp3) is 0.231. The van der Waals surface area contributed by atoms with Crippen molar-refractivity contribution in [2.45, 2.75) is 11.6 Å². The quantitative estimate of drug-likeness (QED) is 0.809. The molecular weight excluding hydrogens is 326 g/mol. The summed E-state index contributed by atoms with van der Waals surface area (Å²) in [5.41, 5.74) is 5.65. The number of rotatable bonds is 5. The molecule has 1 heterocycles. The van der Waals surface area contributed by atoms with E-state index < -0.39 is 11.9 Å². The van der Waals surface area contributed by atoms with Crippen LogP contribution in [0.25, 0.3) is 11.4 Å². The summed E-state index contributed by atoms with van der Waals surface area (Å²) in [7, 11) is 1.82. The number of imide groups is 1. The number of hydrogen-bond donors (Lipinski definition) is 2. The smallest absolute Gasteiger partial charge is 0.318 e. The highest BCUT2D eigenvalue weighted by Crippen LogP contribution is 2.28. The van der Waals surface area contributed by atoms with Crippen molar-refractivity contribution in [1.82, 2.24) is 20.1 Å². The SMILES string of the molecule is Cn1c(SCCC(=O)NC(N)=O)nnc1-c1ccccc1Cl. The van der Waals surface area contributed by atoms with Crippen molar-refractivity contribution in [3.63, 3.8) is 0 Å². The summed E-state index contributed by atoms with van der Waals surface area (Å²) < 4.78 is 1.80. The van der Waals surface area contributed by atoms with Gasteiger partial charge in [0.25, 0.3) is 0 Å². The minimum atomic E-state index is -0.852. The molecule has 0 fully saturated rings. The Hall–Kier alpha value is -2.06. The van der Waals surface area contributed by atoms with Crippen LogP contribution in [0, 0.1) is 0 Å². The van der Waals surface area contributed by atoms with Crippen LogP contribution < -0.4 is 11.1 Å². The molecular formula is C13H14ClN5O2S. The zero-order chi connectivity index (χ0) is 16.1. The molecule has 1 aromatic carbocycles. The molecule has 0 bridgehead atoms. The number of carbonyl (C=O) groups excluding carboxylic acids is 2. The third-order valence-corrected chi connectivity index (χ3v) is 4.12. The number of hydrogen-bond acceptors (Lipinski definition) is 5. The van der Waals surface area contributed by atoms with Gasteiger partial charge in [0.15, 0.2) is 11.0 Å². The lowest BCUT2D eigenvalue weighted by Crippen LogP contribution is -2.35. The molecule has 0 unspecified atom stereocenters. The molecule has 0 atom stereocenters. The predicted molar refractivity (Wildman–Crippen MR) is 84.5 cm³/mol. The summed E-state index contributed by atoms with van der Waals surface area (Å²) in [5.74, 6) is 0.677. The summed E-state index contributed by atoms with van der Waals surface area (Å²) >= 11 is 7.51. The van der Waals surface area contributed by atoms with Crippen LogP contribution in [0.4, 0.5) is 4.79 Å². The molecule has 0 aliphatic rings. The Balaban J connectivity index is 2.01. The fourth-order valence-electron chi connectivity index (χ4n) is 1.75. The van der Waals surface area contributed by atoms with Gasteiger partial charge < -0.3 is 10.3 Å². The number of nitrogens with one attached hydrogen (secondary N) is 1. The maximum atomic E-state index is 11.3. The number of nitrogens with zero attached hydrogens (tertiary/aromatic N) is 3. The molecule has 116 valence electrons. The van der Waals surface area contributed by atoms with Crippen molar-refractivity contribution in [2.75, 3.05) is 5.75 Å². The van der Waals surface area contributed by atoms with Crippen molar-refractivity contribution < 1.29 is 9.59 Å². The van der Waals surface area contributed by atoms with E-state index in [0.717, 1.165) is 5.56 Å². The highest BCUT2D eigenvalue weighted by Gasteiger charge is 2.14. The molecule has 0 saturated carbocycles. The van der Waals surface area contributed by atoms with E-state index in [1.165, 1.54) is 11.8 Å². The van der Waals surface area contributed by atoms with Gasteiger partial charge in [-0.1, -0.05) is 35.5 Å². The Morgan fingerprint density at radius 1 is 1.36 bits per heavy atom. The van der Waals surface area contributed by atoms with Gasteiger partial charge in [0.1, 0.15) is 0 Å². The number of amides is 3. The molecule has 2 aromatic rings. The maximum Gasteiger partial charge on any atom is 0.318 e. The van der Waals surface area contributed by atoms with Crippen molar-refractivity contribution >= 4 is 35.3 Å². The maximum absolute atomic E-state index is 11.3. The van der Waals surface area contributed by atoms with Crippen LogP contribution >= 0.6 is 23.4 Å². The summed E-state index contributed by atoms with van der Waals surface area (Å²) in [6.45, 7) is 0. The van der Waals surface area contributed by atoms with Crippen LogP contribution in [0.15, 0.2) is 29.4 Å². The molecule has 0 radical (unpaired) electrons. The number of benzene rings is 1. The van der Waals surface area contributed by atoms with Crippen molar-refractivity contribution in [3.05, 3.63) is 29.3 Å². The van der Waals surface area contributed by atoms with Gasteiger partial charge in [-0.15, -0.1) is 10.2 Å². The average Bonchev–Trinajstić information content (AvgIpc) is 2.80. The van der Waals surface area contributed by atoms with Crippen molar-refractivity contribution in [2.24, 2.45) is 12.8 Å². The predicted octanol–water partition coefficient (Wildman–Crippen LogP) is 1.81. The van der Waals surface area contributed by atoms with Gasteiger partial charge in [-0.25, -0.2) is 4.79 Å². The Kier molecular flexibility index (Phi) is 5.40. The van der Waals surface area contributed by atoms with Crippen LogP contribution in [-0.2, 0) is 11.8 Å². The number of carbonyl (C=O) groups is 2. The van der Waals surface area contributed by atoms with Gasteiger partial charge in [0, 0.05) is 24.8 Å². The van der Waals surface area contributed by atoms with Gasteiger partial charge in [0.05, 0.1) is 5.02 Å². The lowest BCUT2D eigenvalue weighted by molar-refractivity contribution is -0.119. The van der Waals surface area contributed by atoms with E-state index in [9.17, 15) is 9.59 Å². The molecule has 0 aliphatic carbocycles. The van der Waals surface area contributed by atoms with Crippen molar-refractivity contribution in [1.29, 1.82) is 0 Å². The summed E-state index contributed by atoms with van der Waals surface area (Å²) in [6.07, 6.45) is 0.155. The Bertz CT molecular complexity index is 703. The van der Waals surface area contributed by atoms with E-state index in [-0.39, 0.29) is 6.42 Å². The van der Waals surface area contributed by atoms with Crippen molar-refractivity contribution in [3.8, 4) is 11.4 Å². The first-order chi connectivity index (χ1) is 10.5. The van der Waals surface area contributed by atoms with Gasteiger partial charge in [-0.05, 0) is 12.1 Å². The zero-order valence-corrected chi connectivity index (χ0v) is 13.3. The molecule has 0 saturated heterocycles. The number of primary amides is 1. The second-order valence-corrected chi connectivity index (χ2v) is 5.83. The zero-order valence-electron chi connectivity index (χ0n) is 11.7. The van der Waals surface area contributed by atoms with Crippen LogP contribution in [0.3, 0.4) is 0 Å². The Morgan fingerprint density at radius 3 is 2.77 bits per heavy atom. The molecule has 22 heavy (non-hydrogen) atoms. The summed E-state index contributed by atoms with van der Waals surface area (Å²) in [5, 5.41) is 11.5. The second-order valence-electron chi connectivity index (χ2n) is 4.36. The number of thioether (sulfide) groups is 1. The molecule has 1 aromatic heterocycles. The minimum Gasteiger partial charge on any atom is -0.351 e. The molecule has 3 N–H and O–H groups in total. The van der Waals surface area contributed by atoms with E-state index in [1.807, 2.05) is 30.6 Å². The first kappa shape index (κ1) is 16.3. The minimum absolute atomic E-state index is 0.155. The van der Waals surface area contributed by atoms with Crippen LogP contribution in [-0.4, -0.2) is 32.5 Å². The molecule has 3 amide bonds. The Labute approximate surface area is 136 Å². The molecule has 2 rings (SSSR count). The number of aromatic nitrogens is 3. The standard InChI is InChI=1S/C13H14ClN5O2S/c1-19-11(8-4-2-3-5-9(8)14)17-18-13(19)22-7-6-10(20)16-12(15)21/h2-5H,6-7H2,1H3,(H3,15,16,20,21). The van der Waals surface area contributed by atoms with E-state index >= 15 is 0 Å². The van der Waals surface area contributed by atoms with E-state index in [4.69, 9.17) is 17.3 Å². The van der Waals surface area contributed by atoms with Crippen LogP contribution in [0.1, 0.15) is 6.42 Å². The summed E-state index contributed by atoms with van der Waals surface area (Å²) in [4.78, 5) is 21.8. The first-order valence-corrected chi connectivity index (χ1v) is 7.71. The molecule has 0 spiro atoms. The normalized spacial score (nSPS) is 10.5. The third kappa shape index (κ3) is 3.99. The highest BCUT2D eigenvalue weighted by molar-refractivity contribution is 7.99. The second kappa shape index (κ2) is 7.28. The topological polar surface area (TPSA) is 103 Å². The lowest BCUT2D eigenvalue weighted by Gasteiger charge is -2.05. The lowest BCUT2D eigenvalue weighted by atomic mass is 10.2. The van der Waals surface area contributed by atoms with Gasteiger partial charge in [0.2, 0.25) is 5.91 Å². The summed E-state index contributed by atoms with van der Waals surface area (Å²) in [6, 6.07) is 6.51. The largest absolute Gasteiger partial charge is 0.351 e. The molecule has 9 heteroatoms. The fourth-order valence-corrected chi connectivity index (χ4v) is 2.82. The monoisotopic (exact) mass is 339 g/mol. The average molecular weight is 340 g/mol.